The second kappa shape index (κ2) is 15.7. The third-order valence-corrected chi connectivity index (χ3v) is 6.53. The lowest BCUT2D eigenvalue weighted by atomic mass is 9.98. The molecule has 0 saturated carbocycles. The van der Waals surface area contributed by atoms with Crippen LogP contribution in [0.25, 0.3) is 11.4 Å². The summed E-state index contributed by atoms with van der Waals surface area (Å²) >= 11 is 0. The molecule has 1 N–H and O–H groups in total. The van der Waals surface area contributed by atoms with Crippen molar-refractivity contribution in [1.29, 1.82) is 0 Å². The summed E-state index contributed by atoms with van der Waals surface area (Å²) in [6.45, 7) is 0.601. The molecule has 1 unspecified atom stereocenters. The molecule has 1 atom stereocenters. The monoisotopic (exact) mass is 596 g/mol. The Bertz CT molecular complexity index is 1640. The summed E-state index contributed by atoms with van der Waals surface area (Å²) in [5.74, 6) is -2.02. The molecule has 4 aromatic rings. The van der Waals surface area contributed by atoms with E-state index in [2.05, 4.69) is 15.3 Å². The zero-order chi connectivity index (χ0) is 31.3. The van der Waals surface area contributed by atoms with E-state index in [1.54, 1.807) is 79.0 Å². The number of rotatable bonds is 15. The van der Waals surface area contributed by atoms with Crippen LogP contribution in [0.3, 0.4) is 0 Å². The number of hydrogen-bond donors (Lipinski definition) is 1. The van der Waals surface area contributed by atoms with Gasteiger partial charge in [0.1, 0.15) is 19.0 Å². The first-order valence-electron chi connectivity index (χ1n) is 14.0. The third kappa shape index (κ3) is 9.02. The Balaban J connectivity index is 1.51. The van der Waals surface area contributed by atoms with Gasteiger partial charge in [-0.25, -0.2) is 9.97 Å². The van der Waals surface area contributed by atoms with Gasteiger partial charge in [0.25, 0.3) is 5.56 Å². The predicted molar refractivity (Wildman–Crippen MR) is 160 cm³/mol. The van der Waals surface area contributed by atoms with Crippen LogP contribution in [0.15, 0.2) is 96.1 Å². The number of ether oxygens (including phenoxy) is 2. The molecular weight excluding hydrogens is 564 g/mol. The molecule has 2 heterocycles. The van der Waals surface area contributed by atoms with E-state index in [4.69, 9.17) is 9.47 Å². The number of aromatic nitrogens is 3. The first kappa shape index (κ1) is 31.5. The minimum absolute atomic E-state index is 0.0762. The van der Waals surface area contributed by atoms with Gasteiger partial charge in [0.05, 0.1) is 18.2 Å². The molecule has 0 radical (unpaired) electrons. The molecule has 0 aliphatic heterocycles. The van der Waals surface area contributed by atoms with E-state index >= 15 is 0 Å². The minimum Gasteiger partial charge on any atom is -0.478 e. The molecule has 11 nitrogen and oxygen atoms in total. The lowest BCUT2D eigenvalue weighted by Crippen LogP contribution is -2.47. The van der Waals surface area contributed by atoms with Crippen LogP contribution in [0, 0.1) is 0 Å². The van der Waals surface area contributed by atoms with E-state index in [9.17, 15) is 24.0 Å². The lowest BCUT2D eigenvalue weighted by Gasteiger charge is -2.19. The molecule has 0 aliphatic carbocycles. The summed E-state index contributed by atoms with van der Waals surface area (Å²) in [5.41, 5.74) is 0.818. The Hall–Kier alpha value is -5.45. The Labute approximate surface area is 253 Å². The highest BCUT2D eigenvalue weighted by Gasteiger charge is 2.27. The number of nitrogens with zero attached hydrogens (tertiary/aromatic N) is 3. The Kier molecular flexibility index (Phi) is 11.2. The van der Waals surface area contributed by atoms with Crippen LogP contribution >= 0.6 is 0 Å². The molecule has 1 amide bonds. The zero-order valence-corrected chi connectivity index (χ0v) is 24.2. The van der Waals surface area contributed by atoms with Crippen LogP contribution < -0.4 is 15.6 Å². The summed E-state index contributed by atoms with van der Waals surface area (Å²) in [6.07, 6.45) is 3.17. The third-order valence-electron chi connectivity index (χ3n) is 6.53. The fourth-order valence-electron chi connectivity index (χ4n) is 4.38. The van der Waals surface area contributed by atoms with E-state index in [0.717, 1.165) is 10.1 Å². The van der Waals surface area contributed by atoms with Crippen molar-refractivity contribution in [2.75, 3.05) is 6.61 Å². The molecule has 226 valence electrons. The van der Waals surface area contributed by atoms with Crippen LogP contribution in [-0.4, -0.2) is 50.6 Å². The van der Waals surface area contributed by atoms with Gasteiger partial charge in [0, 0.05) is 43.8 Å². The van der Waals surface area contributed by atoms with Gasteiger partial charge >= 0.3 is 5.97 Å². The number of nitrogens with one attached hydrogen (secondary N) is 1. The number of benzene rings is 2. The van der Waals surface area contributed by atoms with Crippen molar-refractivity contribution in [3.8, 4) is 17.3 Å². The van der Waals surface area contributed by atoms with Crippen molar-refractivity contribution in [2.24, 2.45) is 0 Å². The molecule has 4 rings (SSSR count). The summed E-state index contributed by atoms with van der Waals surface area (Å²) in [6, 6.07) is 21.8. The van der Waals surface area contributed by atoms with Crippen LogP contribution in [0.2, 0.25) is 0 Å². The van der Waals surface area contributed by atoms with Gasteiger partial charge in [-0.1, -0.05) is 66.7 Å². The molecule has 0 saturated heterocycles. The normalized spacial score (nSPS) is 11.3. The topological polar surface area (TPSA) is 147 Å². The van der Waals surface area contributed by atoms with Crippen molar-refractivity contribution >= 4 is 23.4 Å². The Morgan fingerprint density at radius 3 is 2.30 bits per heavy atom. The minimum atomic E-state index is -1.16. The molecule has 11 heteroatoms. The van der Waals surface area contributed by atoms with E-state index in [1.807, 2.05) is 6.07 Å². The van der Waals surface area contributed by atoms with Crippen molar-refractivity contribution in [1.82, 2.24) is 19.9 Å². The van der Waals surface area contributed by atoms with Crippen molar-refractivity contribution in [3.05, 3.63) is 113 Å². The second-order valence-corrected chi connectivity index (χ2v) is 9.86. The van der Waals surface area contributed by atoms with E-state index < -0.39 is 41.6 Å². The Morgan fingerprint density at radius 2 is 1.61 bits per heavy atom. The summed E-state index contributed by atoms with van der Waals surface area (Å²) in [7, 11) is 0. The average Bonchev–Trinajstić information content (AvgIpc) is 3.04. The molecule has 2 aromatic heterocycles. The van der Waals surface area contributed by atoms with Crippen LogP contribution in [-0.2, 0) is 43.5 Å². The SMILES string of the molecule is CC(=O)OCc1cnc(-c2ccccc2)n(CC(=O)NC(Cc2ccccc2)C(=O)C(=O)CCCOc2ccccn2)c1=O. The quantitative estimate of drug-likeness (QED) is 0.124. The number of carbonyl (C=O) groups excluding carboxylic acids is 4. The number of ketones is 2. The molecule has 0 spiro atoms. The molecular formula is C33H32N4O7. The predicted octanol–water partition coefficient (Wildman–Crippen LogP) is 3.09. The molecule has 0 aliphatic rings. The van der Waals surface area contributed by atoms with Gasteiger partial charge in [-0.2, -0.15) is 0 Å². The number of hydrogen-bond acceptors (Lipinski definition) is 9. The maximum absolute atomic E-state index is 13.4. The summed E-state index contributed by atoms with van der Waals surface area (Å²) in [5, 5.41) is 2.66. The second-order valence-electron chi connectivity index (χ2n) is 9.86. The Morgan fingerprint density at radius 1 is 0.909 bits per heavy atom. The number of Topliss-reactive ketones (excluding diaryl/α,β-unsaturated/α-hetero) is 2. The number of amides is 1. The van der Waals surface area contributed by atoms with E-state index in [0.29, 0.717) is 11.4 Å². The fraction of sp³-hybridized carbons (Fsp3) is 0.242. The summed E-state index contributed by atoms with van der Waals surface area (Å²) < 4.78 is 11.7. The molecule has 0 bridgehead atoms. The van der Waals surface area contributed by atoms with Gasteiger partial charge in [-0.3, -0.25) is 28.5 Å². The fourth-order valence-corrected chi connectivity index (χ4v) is 4.38. The van der Waals surface area contributed by atoms with Gasteiger partial charge in [-0.05, 0) is 18.1 Å². The highest BCUT2D eigenvalue weighted by Crippen LogP contribution is 2.16. The smallest absolute Gasteiger partial charge is 0.302 e. The first-order valence-corrected chi connectivity index (χ1v) is 14.0. The summed E-state index contributed by atoms with van der Waals surface area (Å²) in [4.78, 5) is 72.8. The highest BCUT2D eigenvalue weighted by atomic mass is 16.5. The maximum atomic E-state index is 13.4. The number of carbonyl (C=O) groups is 4. The average molecular weight is 597 g/mol. The van der Waals surface area contributed by atoms with Gasteiger partial charge in [0.15, 0.2) is 0 Å². The lowest BCUT2D eigenvalue weighted by molar-refractivity contribution is -0.142. The van der Waals surface area contributed by atoms with Crippen molar-refractivity contribution < 1.29 is 28.7 Å². The van der Waals surface area contributed by atoms with E-state index in [-0.39, 0.29) is 43.9 Å². The first-order chi connectivity index (χ1) is 21.3. The van der Waals surface area contributed by atoms with E-state index in [1.165, 1.54) is 13.1 Å². The van der Waals surface area contributed by atoms with Crippen molar-refractivity contribution in [2.45, 2.75) is 45.4 Å². The largest absolute Gasteiger partial charge is 0.478 e. The number of esters is 1. The standard InChI is InChI=1S/C33H32N4O7/c1-23(38)44-22-26-20-35-32(25-13-6-3-7-14-25)37(33(26)42)21-29(40)36-27(19-24-11-4-2-5-12-24)31(41)28(39)15-10-18-43-30-16-8-9-17-34-30/h2-9,11-14,16-17,20,27H,10,15,18-19,21-22H2,1H3,(H,36,40). The van der Waals surface area contributed by atoms with Crippen LogP contribution in [0.5, 0.6) is 5.88 Å². The van der Waals surface area contributed by atoms with Gasteiger partial charge < -0.3 is 14.8 Å². The molecule has 44 heavy (non-hydrogen) atoms. The molecule has 2 aromatic carbocycles. The van der Waals surface area contributed by atoms with Gasteiger partial charge in [0.2, 0.25) is 23.4 Å². The van der Waals surface area contributed by atoms with Crippen LogP contribution in [0.4, 0.5) is 0 Å². The maximum Gasteiger partial charge on any atom is 0.302 e. The zero-order valence-electron chi connectivity index (χ0n) is 24.2. The highest BCUT2D eigenvalue weighted by molar-refractivity contribution is 6.39. The van der Waals surface area contributed by atoms with Crippen LogP contribution in [0.1, 0.15) is 30.9 Å². The molecule has 0 fully saturated rings. The van der Waals surface area contributed by atoms with Gasteiger partial charge in [-0.15, -0.1) is 0 Å². The number of pyridine rings is 1. The van der Waals surface area contributed by atoms with Crippen molar-refractivity contribution in [3.63, 3.8) is 0 Å².